The summed E-state index contributed by atoms with van der Waals surface area (Å²) in [5.41, 5.74) is -0.484. The molecule has 0 radical (unpaired) electrons. The predicted molar refractivity (Wildman–Crippen MR) is 110 cm³/mol. The summed E-state index contributed by atoms with van der Waals surface area (Å²) in [5.74, 6) is 2.44. The Hall–Kier alpha value is -2.32. The molecule has 0 unspecified atom stereocenters. The fourth-order valence-electron chi connectivity index (χ4n) is 2.17. The number of alkyl carbamates (subject to hydrolysis) is 1. The zero-order valence-corrected chi connectivity index (χ0v) is 18.1. The Kier molecular flexibility index (Phi) is 10.3. The van der Waals surface area contributed by atoms with E-state index < -0.39 is 11.7 Å². The van der Waals surface area contributed by atoms with Crippen LogP contribution in [0.25, 0.3) is 0 Å². The number of carbonyl (C=O) groups is 1. The minimum atomic E-state index is -0.484. The number of rotatable bonds is 10. The maximum absolute atomic E-state index is 11.6. The van der Waals surface area contributed by atoms with Gasteiger partial charge in [0.25, 0.3) is 0 Å². The summed E-state index contributed by atoms with van der Waals surface area (Å²) in [7, 11) is 0. The lowest BCUT2D eigenvalue weighted by atomic mass is 10.2. The molecule has 0 aliphatic carbocycles. The van der Waals surface area contributed by atoms with Gasteiger partial charge in [0.05, 0.1) is 0 Å². The number of carbonyl (C=O) groups excluding carboxylic acids is 1. The van der Waals surface area contributed by atoms with E-state index in [-0.39, 0.29) is 5.92 Å². The van der Waals surface area contributed by atoms with Crippen LogP contribution in [-0.4, -0.2) is 54.0 Å². The van der Waals surface area contributed by atoms with Crippen LogP contribution in [-0.2, 0) is 11.2 Å². The van der Waals surface area contributed by atoms with Crippen molar-refractivity contribution in [2.75, 3.05) is 26.2 Å². The largest absolute Gasteiger partial charge is 0.444 e. The third-order valence-corrected chi connectivity index (χ3v) is 3.48. The fraction of sp³-hybridized carbons (Fsp3) is 0.789. The summed E-state index contributed by atoms with van der Waals surface area (Å²) < 4.78 is 10.4. The molecule has 9 heteroatoms. The van der Waals surface area contributed by atoms with Crippen molar-refractivity contribution in [3.05, 3.63) is 11.7 Å². The first kappa shape index (κ1) is 23.7. The monoisotopic (exact) mass is 396 g/mol. The summed E-state index contributed by atoms with van der Waals surface area (Å²) in [5, 5.41) is 13.2. The first-order chi connectivity index (χ1) is 13.2. The predicted octanol–water partition coefficient (Wildman–Crippen LogP) is 2.60. The molecule has 0 saturated heterocycles. The first-order valence-electron chi connectivity index (χ1n) is 10.0. The number of aromatic nitrogens is 2. The zero-order valence-electron chi connectivity index (χ0n) is 18.1. The molecule has 1 rings (SSSR count). The highest BCUT2D eigenvalue weighted by Gasteiger charge is 2.15. The Labute approximate surface area is 168 Å². The van der Waals surface area contributed by atoms with Crippen LogP contribution in [0.3, 0.4) is 0 Å². The number of ether oxygens (including phenoxy) is 1. The van der Waals surface area contributed by atoms with Crippen LogP contribution in [0.1, 0.15) is 72.0 Å². The average molecular weight is 397 g/mol. The molecule has 0 atom stereocenters. The smallest absolute Gasteiger partial charge is 0.407 e. The molecule has 1 aromatic heterocycles. The van der Waals surface area contributed by atoms with Crippen molar-refractivity contribution in [1.29, 1.82) is 0 Å². The Morgan fingerprint density at radius 2 is 1.89 bits per heavy atom. The van der Waals surface area contributed by atoms with Crippen molar-refractivity contribution in [3.8, 4) is 0 Å². The summed E-state index contributed by atoms with van der Waals surface area (Å²) in [6.45, 7) is 14.3. The SMILES string of the molecule is CCNC(=NCCCNC(=O)OC(C)(C)C)NCCCc1nc(C(C)C)no1. The number of aryl methyl sites for hydroxylation is 1. The van der Waals surface area contributed by atoms with Crippen LogP contribution in [0, 0.1) is 0 Å². The Morgan fingerprint density at radius 3 is 2.50 bits per heavy atom. The van der Waals surface area contributed by atoms with Crippen LogP contribution in [0.2, 0.25) is 0 Å². The zero-order chi connectivity index (χ0) is 21.0. The van der Waals surface area contributed by atoms with Gasteiger partial charge in [-0.25, -0.2) is 4.79 Å². The lowest BCUT2D eigenvalue weighted by Crippen LogP contribution is -2.38. The molecule has 9 nitrogen and oxygen atoms in total. The lowest BCUT2D eigenvalue weighted by Gasteiger charge is -2.19. The van der Waals surface area contributed by atoms with Gasteiger partial charge < -0.3 is 25.2 Å². The highest BCUT2D eigenvalue weighted by molar-refractivity contribution is 5.79. The van der Waals surface area contributed by atoms with Crippen LogP contribution in [0.15, 0.2) is 9.52 Å². The molecule has 3 N–H and O–H groups in total. The number of nitrogens with zero attached hydrogens (tertiary/aromatic N) is 3. The fourth-order valence-corrected chi connectivity index (χ4v) is 2.17. The van der Waals surface area contributed by atoms with Crippen molar-refractivity contribution in [2.45, 2.75) is 72.3 Å². The standard InChI is InChI=1S/C19H36N6O3/c1-7-20-17(22-12-9-13-23-18(26)27-19(4,5)6)21-11-8-10-15-24-16(14(2)3)25-28-15/h14H,7-13H2,1-6H3,(H,23,26)(H2,20,21,22). The number of aliphatic imine (C=N–C) groups is 1. The van der Waals surface area contributed by atoms with Crippen LogP contribution in [0.5, 0.6) is 0 Å². The van der Waals surface area contributed by atoms with Crippen molar-refractivity contribution in [1.82, 2.24) is 26.1 Å². The van der Waals surface area contributed by atoms with Crippen LogP contribution >= 0.6 is 0 Å². The second-order valence-electron chi connectivity index (χ2n) is 7.77. The van der Waals surface area contributed by atoms with Crippen molar-refractivity contribution in [3.63, 3.8) is 0 Å². The van der Waals surface area contributed by atoms with Crippen molar-refractivity contribution in [2.24, 2.45) is 4.99 Å². The maximum atomic E-state index is 11.6. The topological polar surface area (TPSA) is 114 Å². The van der Waals surface area contributed by atoms with Gasteiger partial charge in [-0.2, -0.15) is 4.98 Å². The lowest BCUT2D eigenvalue weighted by molar-refractivity contribution is 0.0527. The van der Waals surface area contributed by atoms with Gasteiger partial charge in [0, 0.05) is 38.5 Å². The van der Waals surface area contributed by atoms with Crippen molar-refractivity contribution < 1.29 is 14.1 Å². The van der Waals surface area contributed by atoms with Gasteiger partial charge in [-0.1, -0.05) is 19.0 Å². The summed E-state index contributed by atoms with van der Waals surface area (Å²) in [4.78, 5) is 20.5. The third-order valence-electron chi connectivity index (χ3n) is 3.48. The van der Waals surface area contributed by atoms with Crippen molar-refractivity contribution >= 4 is 12.1 Å². The van der Waals surface area contributed by atoms with Gasteiger partial charge in [-0.3, -0.25) is 4.99 Å². The van der Waals surface area contributed by atoms with Gasteiger partial charge >= 0.3 is 6.09 Å². The molecular weight excluding hydrogens is 360 g/mol. The quantitative estimate of drug-likeness (QED) is 0.316. The molecule has 160 valence electrons. The van der Waals surface area contributed by atoms with E-state index in [1.807, 2.05) is 41.5 Å². The molecule has 28 heavy (non-hydrogen) atoms. The van der Waals surface area contributed by atoms with Gasteiger partial charge in [0.1, 0.15) is 5.60 Å². The van der Waals surface area contributed by atoms with E-state index >= 15 is 0 Å². The van der Waals surface area contributed by atoms with E-state index in [0.29, 0.717) is 19.0 Å². The summed E-state index contributed by atoms with van der Waals surface area (Å²) >= 11 is 0. The van der Waals surface area contributed by atoms with E-state index in [4.69, 9.17) is 9.26 Å². The number of hydrogen-bond acceptors (Lipinski definition) is 6. The van der Waals surface area contributed by atoms with E-state index in [1.165, 1.54) is 0 Å². The minimum Gasteiger partial charge on any atom is -0.444 e. The molecule has 1 heterocycles. The third kappa shape index (κ3) is 10.7. The normalized spacial score (nSPS) is 12.2. The molecule has 0 aliphatic heterocycles. The minimum absolute atomic E-state index is 0.271. The average Bonchev–Trinajstić information content (AvgIpc) is 3.06. The summed E-state index contributed by atoms with van der Waals surface area (Å²) in [6.07, 6.45) is 1.93. The highest BCUT2D eigenvalue weighted by atomic mass is 16.6. The number of nitrogens with one attached hydrogen (secondary N) is 3. The maximum Gasteiger partial charge on any atom is 0.407 e. The molecular formula is C19H36N6O3. The van der Waals surface area contributed by atoms with Gasteiger partial charge in [0.2, 0.25) is 5.89 Å². The molecule has 0 fully saturated rings. The molecule has 0 saturated carbocycles. The highest BCUT2D eigenvalue weighted by Crippen LogP contribution is 2.10. The second-order valence-corrected chi connectivity index (χ2v) is 7.77. The van der Waals surface area contributed by atoms with E-state index in [2.05, 4.69) is 31.1 Å². The Balaban J connectivity index is 2.24. The van der Waals surface area contributed by atoms with Crippen LogP contribution < -0.4 is 16.0 Å². The van der Waals surface area contributed by atoms with Gasteiger partial charge in [-0.15, -0.1) is 0 Å². The molecule has 0 aliphatic rings. The molecule has 0 spiro atoms. The second kappa shape index (κ2) is 12.2. The number of amides is 1. The number of hydrogen-bond donors (Lipinski definition) is 3. The van der Waals surface area contributed by atoms with E-state index in [1.54, 1.807) is 0 Å². The Bertz CT molecular complexity index is 607. The van der Waals surface area contributed by atoms with Gasteiger partial charge in [-0.05, 0) is 40.5 Å². The van der Waals surface area contributed by atoms with E-state index in [0.717, 1.165) is 44.1 Å². The molecule has 1 amide bonds. The van der Waals surface area contributed by atoms with Gasteiger partial charge in [0.15, 0.2) is 11.8 Å². The molecule has 1 aromatic rings. The Morgan fingerprint density at radius 1 is 1.18 bits per heavy atom. The summed E-state index contributed by atoms with van der Waals surface area (Å²) in [6, 6.07) is 0. The van der Waals surface area contributed by atoms with Crippen LogP contribution in [0.4, 0.5) is 4.79 Å². The van der Waals surface area contributed by atoms with E-state index in [9.17, 15) is 4.79 Å². The molecule has 0 bridgehead atoms. The molecule has 0 aromatic carbocycles. The number of guanidine groups is 1. The first-order valence-corrected chi connectivity index (χ1v) is 10.0.